The number of phosphoric acid groups is 1. The lowest BCUT2D eigenvalue weighted by atomic mass is 10.1. The van der Waals surface area contributed by atoms with Crippen LogP contribution in [0.4, 0.5) is 0 Å². The first-order valence-corrected chi connectivity index (χ1v) is 22.0. The molecule has 2 aromatic rings. The molecule has 0 aromatic heterocycles. The molecule has 19 heteroatoms. The Morgan fingerprint density at radius 2 is 1.28 bits per heavy atom. The molecule has 0 aliphatic carbocycles. The minimum absolute atomic E-state index is 0.0110. The Balaban J connectivity index is 1.98. The molecular weight excluding hydrogens is 1310 g/mol. The van der Waals surface area contributed by atoms with E-state index in [0.29, 0.717) is 19.3 Å². The number of phosphoric ester groups is 1. The van der Waals surface area contributed by atoms with E-state index in [4.69, 9.17) is 18.5 Å². The third-order valence-electron chi connectivity index (χ3n) is 6.32. The summed E-state index contributed by atoms with van der Waals surface area (Å²) < 4.78 is 39.0. The second kappa shape index (κ2) is 22.1. The van der Waals surface area contributed by atoms with E-state index in [1.54, 1.807) is 21.1 Å². The minimum Gasteiger partial charge on any atom is -0.495 e. The predicted molar refractivity (Wildman–Crippen MR) is 229 cm³/mol. The molecule has 4 N–H and O–H groups in total. The summed E-state index contributed by atoms with van der Waals surface area (Å²) in [4.78, 5) is 48.6. The molecule has 0 heterocycles. The van der Waals surface area contributed by atoms with Crippen molar-refractivity contribution in [1.82, 2.24) is 16.0 Å². The summed E-state index contributed by atoms with van der Waals surface area (Å²) >= 11 is 13.3. The average Bonchev–Trinajstić information content (AvgIpc) is 3.00. The highest BCUT2D eigenvalue weighted by molar-refractivity contribution is 14.1. The van der Waals surface area contributed by atoms with Crippen LogP contribution in [0, 0.1) is 21.4 Å². The monoisotopic (exact) mass is 1350 g/mol. The van der Waals surface area contributed by atoms with Crippen LogP contribution in [0.3, 0.4) is 0 Å². The van der Waals surface area contributed by atoms with Gasteiger partial charge in [-0.2, -0.15) is 0 Å². The van der Waals surface area contributed by atoms with Gasteiger partial charge in [-0.1, -0.05) is 6.92 Å². The number of rotatable bonds is 19. The second-order valence-electron chi connectivity index (χ2n) is 9.69. The van der Waals surface area contributed by atoms with Crippen LogP contribution >= 0.6 is 143 Å². The van der Waals surface area contributed by atoms with Gasteiger partial charge in [0.25, 0.3) is 0 Å². The molecule has 0 aliphatic heterocycles. The molecule has 0 saturated heterocycles. The zero-order valence-corrected chi connectivity index (χ0v) is 39.4. The molecule has 3 amide bonds. The van der Waals surface area contributed by atoms with E-state index < -0.39 is 32.3 Å². The molecule has 2 aromatic carbocycles. The number of ether oxygens (including phenoxy) is 2. The maximum atomic E-state index is 13.1. The van der Waals surface area contributed by atoms with Gasteiger partial charge >= 0.3 is 7.82 Å². The molecule has 1 unspecified atom stereocenters. The Kier molecular flexibility index (Phi) is 20.7. The third kappa shape index (κ3) is 14.5. The van der Waals surface area contributed by atoms with Crippen LogP contribution in [-0.2, 0) is 40.8 Å². The van der Waals surface area contributed by atoms with E-state index in [0.717, 1.165) is 44.0 Å². The zero-order valence-electron chi connectivity index (χ0n) is 25.5. The highest BCUT2D eigenvalue weighted by atomic mass is 127. The van der Waals surface area contributed by atoms with Gasteiger partial charge in [-0.15, -0.1) is 0 Å². The zero-order chi connectivity index (χ0) is 35.3. The Morgan fingerprint density at radius 3 is 1.77 bits per heavy atom. The lowest BCUT2D eigenvalue weighted by Gasteiger charge is -2.20. The van der Waals surface area contributed by atoms with E-state index in [9.17, 15) is 23.8 Å². The van der Waals surface area contributed by atoms with Gasteiger partial charge in [0.15, 0.2) is 0 Å². The summed E-state index contributed by atoms with van der Waals surface area (Å²) in [7, 11) is -1.24. The second-order valence-corrected chi connectivity index (χ2v) is 18.0. The van der Waals surface area contributed by atoms with Crippen molar-refractivity contribution in [2.24, 2.45) is 0 Å². The molecule has 2 rings (SSSR count). The number of hydrogen-bond acceptors (Lipinski definition) is 8. The molecule has 0 fully saturated rings. The van der Waals surface area contributed by atoms with Crippen molar-refractivity contribution in [3.05, 3.63) is 44.7 Å². The Labute approximate surface area is 356 Å². The van der Waals surface area contributed by atoms with Crippen LogP contribution in [0.15, 0.2) is 12.1 Å². The van der Waals surface area contributed by atoms with Crippen LogP contribution < -0.4 is 25.4 Å². The number of carbonyl (C=O) groups excluding carboxylic acids is 3. The van der Waals surface area contributed by atoms with Gasteiger partial charge in [0, 0.05) is 33.1 Å². The summed E-state index contributed by atoms with van der Waals surface area (Å²) in [5, 5.41) is 8.04. The molecule has 47 heavy (non-hydrogen) atoms. The van der Waals surface area contributed by atoms with E-state index >= 15 is 0 Å². The van der Waals surface area contributed by atoms with Gasteiger partial charge in [0.1, 0.15) is 17.5 Å². The Bertz CT molecular complexity index is 1480. The van der Waals surface area contributed by atoms with Crippen molar-refractivity contribution in [2.75, 3.05) is 40.5 Å². The smallest absolute Gasteiger partial charge is 0.472 e. The third-order valence-corrected chi connectivity index (χ3v) is 13.1. The number of methoxy groups -OCH3 is 2. The van der Waals surface area contributed by atoms with Gasteiger partial charge in [-0.25, -0.2) is 4.57 Å². The summed E-state index contributed by atoms with van der Waals surface area (Å²) in [6, 6.07) is 2.69. The van der Waals surface area contributed by atoms with Crippen LogP contribution in [0.2, 0.25) is 0 Å². The molecule has 0 aliphatic rings. The van der Waals surface area contributed by atoms with Crippen LogP contribution in [0.5, 0.6) is 11.5 Å². The molecule has 0 radical (unpaired) electrons. The molecule has 2 atom stereocenters. The van der Waals surface area contributed by atoms with Crippen molar-refractivity contribution in [1.29, 1.82) is 0 Å². The fraction of sp³-hybridized carbons (Fsp3) is 0.464. The molecule has 0 bridgehead atoms. The lowest BCUT2D eigenvalue weighted by molar-refractivity contribution is -0.130. The van der Waals surface area contributed by atoms with Crippen LogP contribution in [0.25, 0.3) is 0 Å². The quantitative estimate of drug-likeness (QED) is 0.0735. The SMILES string of the molecule is CCCOP(=O)(O)OC[C@H](NC(=O)CCc1c(I)cc(I)c(OC)c1I)C(=O)NCCNC(=O)CCc1c(I)cc(I)c(OC)c1I. The van der Waals surface area contributed by atoms with E-state index in [2.05, 4.69) is 151 Å². The number of carbonyl (C=O) groups is 3. The number of halogens is 6. The first-order valence-electron chi connectivity index (χ1n) is 14.0. The molecular formula is C28H34I6N3O9P. The highest BCUT2D eigenvalue weighted by Gasteiger charge is 2.28. The first kappa shape index (κ1) is 44.1. The maximum absolute atomic E-state index is 13.1. The largest absolute Gasteiger partial charge is 0.495 e. The highest BCUT2D eigenvalue weighted by Crippen LogP contribution is 2.43. The van der Waals surface area contributed by atoms with Gasteiger partial charge in [-0.05, 0) is 178 Å². The standard InChI is InChI=1S/C28H34I6N3O9P/c1-4-11-45-47(41,42)46-14-21(37-23(39)8-6-16-18(30)13-20(32)27(44-3)25(16)34)28(40)36-10-9-35-22(38)7-5-15-17(29)12-19(31)26(43-2)24(15)33/h12-13,21H,4-11,14H2,1-3H3,(H,35,38)(H,36,40)(H,37,39)(H,41,42)/t21-/m0/s1. The van der Waals surface area contributed by atoms with Crippen LogP contribution in [-0.4, -0.2) is 69.2 Å². The maximum Gasteiger partial charge on any atom is 0.472 e. The number of nitrogens with one attached hydrogen (secondary N) is 3. The van der Waals surface area contributed by atoms with Gasteiger partial charge in [0.05, 0.1) is 41.7 Å². The molecule has 262 valence electrons. The molecule has 0 spiro atoms. The van der Waals surface area contributed by atoms with Gasteiger partial charge < -0.3 is 30.3 Å². The van der Waals surface area contributed by atoms with E-state index in [-0.39, 0.29) is 38.4 Å². The summed E-state index contributed by atoms with van der Waals surface area (Å²) in [6.07, 6.45) is 1.66. The molecule has 0 saturated carbocycles. The van der Waals surface area contributed by atoms with Crippen molar-refractivity contribution in [3.8, 4) is 11.5 Å². The van der Waals surface area contributed by atoms with Crippen molar-refractivity contribution in [3.63, 3.8) is 0 Å². The van der Waals surface area contributed by atoms with Gasteiger partial charge in [0.2, 0.25) is 17.7 Å². The number of benzene rings is 2. The van der Waals surface area contributed by atoms with Crippen molar-refractivity contribution >= 4 is 161 Å². The normalized spacial score (nSPS) is 13.0. The molecule has 12 nitrogen and oxygen atoms in total. The van der Waals surface area contributed by atoms with Gasteiger partial charge in [-0.3, -0.25) is 23.4 Å². The number of hydrogen-bond donors (Lipinski definition) is 4. The van der Waals surface area contributed by atoms with E-state index in [1.165, 1.54) is 0 Å². The van der Waals surface area contributed by atoms with Crippen molar-refractivity contribution in [2.45, 2.75) is 45.1 Å². The van der Waals surface area contributed by atoms with Crippen molar-refractivity contribution < 1.29 is 42.4 Å². The first-order chi connectivity index (χ1) is 22.1. The Hall–Kier alpha value is 0.940. The lowest BCUT2D eigenvalue weighted by Crippen LogP contribution is -2.50. The predicted octanol–water partition coefficient (Wildman–Crippen LogP) is 6.16. The van der Waals surface area contributed by atoms with Crippen LogP contribution in [0.1, 0.15) is 37.3 Å². The summed E-state index contributed by atoms with van der Waals surface area (Å²) in [5.41, 5.74) is 1.96. The van der Waals surface area contributed by atoms with E-state index in [1.807, 2.05) is 12.1 Å². The average molecular weight is 1350 g/mol. The summed E-state index contributed by atoms with van der Waals surface area (Å²) in [5.74, 6) is 0.222. The summed E-state index contributed by atoms with van der Waals surface area (Å²) in [6.45, 7) is 1.36. The Morgan fingerprint density at radius 1 is 0.787 bits per heavy atom. The fourth-order valence-corrected chi connectivity index (χ4v) is 13.5. The fourth-order valence-electron chi connectivity index (χ4n) is 3.99. The minimum atomic E-state index is -4.44. The topological polar surface area (TPSA) is 162 Å². The number of amides is 3.